The van der Waals surface area contributed by atoms with E-state index in [-0.39, 0.29) is 17.9 Å². The summed E-state index contributed by atoms with van der Waals surface area (Å²) in [6, 6.07) is 9.85. The number of rotatable bonds is 4. The number of nitrogens with one attached hydrogen (secondary N) is 2. The maximum atomic E-state index is 12.5. The molecular formula is C18H20N4O2. The van der Waals surface area contributed by atoms with Crippen LogP contribution in [0.4, 0.5) is 0 Å². The molecule has 1 fully saturated rings. The van der Waals surface area contributed by atoms with E-state index in [1.165, 1.54) is 0 Å². The average Bonchev–Trinajstić information content (AvgIpc) is 3.21. The number of amides is 1. The van der Waals surface area contributed by atoms with Crippen molar-refractivity contribution in [3.63, 3.8) is 0 Å². The van der Waals surface area contributed by atoms with Gasteiger partial charge in [0.1, 0.15) is 17.3 Å². The largest absolute Gasteiger partial charge is 0.497 e. The molecule has 6 nitrogen and oxygen atoms in total. The molecule has 1 aromatic heterocycles. The van der Waals surface area contributed by atoms with Crippen molar-refractivity contribution in [2.45, 2.75) is 32.2 Å². The highest BCUT2D eigenvalue weighted by Gasteiger charge is 2.27. The van der Waals surface area contributed by atoms with Gasteiger partial charge in [0.15, 0.2) is 0 Å². The summed E-state index contributed by atoms with van der Waals surface area (Å²) in [7, 11) is 1.61. The molecule has 2 aromatic rings. The number of ether oxygens (including phenoxy) is 1. The van der Waals surface area contributed by atoms with Crippen LogP contribution in [0, 0.1) is 24.2 Å². The number of carbonyl (C=O) groups excluding carboxylic acids is 1. The quantitative estimate of drug-likeness (QED) is 0.904. The zero-order chi connectivity index (χ0) is 17.1. The fourth-order valence-electron chi connectivity index (χ4n) is 3.07. The van der Waals surface area contributed by atoms with Gasteiger partial charge < -0.3 is 15.0 Å². The zero-order valence-electron chi connectivity index (χ0n) is 13.8. The summed E-state index contributed by atoms with van der Waals surface area (Å²) in [6.07, 6.45) is 2.40. The highest BCUT2D eigenvalue weighted by molar-refractivity contribution is 5.94. The Kier molecular flexibility index (Phi) is 4.52. The molecular weight excluding hydrogens is 304 g/mol. The fourth-order valence-corrected chi connectivity index (χ4v) is 3.07. The molecule has 3 rings (SSSR count). The number of nitrogens with zero attached hydrogens (tertiary/aromatic N) is 2. The summed E-state index contributed by atoms with van der Waals surface area (Å²) >= 11 is 0. The highest BCUT2D eigenvalue weighted by atomic mass is 16.5. The Labute approximate surface area is 140 Å². The molecule has 1 amide bonds. The molecule has 1 aliphatic carbocycles. The Morgan fingerprint density at radius 3 is 3.00 bits per heavy atom. The summed E-state index contributed by atoms with van der Waals surface area (Å²) in [4.78, 5) is 20.1. The smallest absolute Gasteiger partial charge is 0.271 e. The van der Waals surface area contributed by atoms with Crippen LogP contribution in [-0.2, 0) is 0 Å². The lowest BCUT2D eigenvalue weighted by molar-refractivity contribution is 0.0932. The number of hydrogen-bond acceptors (Lipinski definition) is 4. The van der Waals surface area contributed by atoms with E-state index in [2.05, 4.69) is 21.4 Å². The van der Waals surface area contributed by atoms with Crippen molar-refractivity contribution in [3.05, 3.63) is 35.7 Å². The molecule has 0 aliphatic heterocycles. The first-order valence-corrected chi connectivity index (χ1v) is 8.02. The molecule has 0 radical (unpaired) electrons. The van der Waals surface area contributed by atoms with Crippen molar-refractivity contribution >= 4 is 5.91 Å². The number of carbonyl (C=O) groups is 1. The summed E-state index contributed by atoms with van der Waals surface area (Å²) in [5, 5.41) is 12.0. The molecule has 1 aliphatic rings. The van der Waals surface area contributed by atoms with E-state index < -0.39 is 0 Å². The van der Waals surface area contributed by atoms with Gasteiger partial charge in [-0.2, -0.15) is 5.26 Å². The van der Waals surface area contributed by atoms with Crippen LogP contribution in [-0.4, -0.2) is 29.0 Å². The van der Waals surface area contributed by atoms with Gasteiger partial charge in [0.25, 0.3) is 5.91 Å². The van der Waals surface area contributed by atoms with Gasteiger partial charge in [0.2, 0.25) is 0 Å². The summed E-state index contributed by atoms with van der Waals surface area (Å²) in [6.45, 7) is 1.83. The van der Waals surface area contributed by atoms with E-state index in [1.54, 1.807) is 7.11 Å². The molecule has 2 N–H and O–H groups in total. The van der Waals surface area contributed by atoms with E-state index >= 15 is 0 Å². The molecule has 24 heavy (non-hydrogen) atoms. The van der Waals surface area contributed by atoms with E-state index in [9.17, 15) is 4.79 Å². The van der Waals surface area contributed by atoms with Gasteiger partial charge in [0, 0.05) is 23.2 Å². The number of imidazole rings is 1. The number of H-pyrrole nitrogens is 1. The lowest BCUT2D eigenvalue weighted by Gasteiger charge is -2.10. The first-order chi connectivity index (χ1) is 11.6. The molecule has 2 atom stereocenters. The molecule has 1 heterocycles. The summed E-state index contributed by atoms with van der Waals surface area (Å²) in [5.74, 6) is 1.23. The zero-order valence-corrected chi connectivity index (χ0v) is 13.8. The summed E-state index contributed by atoms with van der Waals surface area (Å²) in [5.41, 5.74) is 1.98. The Balaban J connectivity index is 1.76. The monoisotopic (exact) mass is 324 g/mol. The number of hydrogen-bond donors (Lipinski definition) is 2. The maximum absolute atomic E-state index is 12.5. The number of aromatic nitrogens is 2. The van der Waals surface area contributed by atoms with Gasteiger partial charge in [-0.15, -0.1) is 0 Å². The first-order valence-electron chi connectivity index (χ1n) is 8.02. The SMILES string of the molecule is COc1cccc(-c2nc(C(=O)N[C@@H]3CC[C@@H](C#N)C3)c(C)[nH]2)c1. The van der Waals surface area contributed by atoms with Gasteiger partial charge in [-0.05, 0) is 38.3 Å². The first kappa shape index (κ1) is 16.1. The fraction of sp³-hybridized carbons (Fsp3) is 0.389. The van der Waals surface area contributed by atoms with Crippen molar-refractivity contribution in [2.75, 3.05) is 7.11 Å². The van der Waals surface area contributed by atoms with Crippen molar-refractivity contribution in [1.82, 2.24) is 15.3 Å². The van der Waals surface area contributed by atoms with Crippen molar-refractivity contribution in [1.29, 1.82) is 5.26 Å². The molecule has 0 spiro atoms. The number of nitriles is 1. The number of aryl methyl sites for hydroxylation is 1. The Hall–Kier alpha value is -2.81. The Morgan fingerprint density at radius 1 is 1.46 bits per heavy atom. The van der Waals surface area contributed by atoms with Crippen LogP contribution in [0.1, 0.15) is 35.4 Å². The number of aromatic amines is 1. The van der Waals surface area contributed by atoms with Crippen LogP contribution in [0.25, 0.3) is 11.4 Å². The van der Waals surface area contributed by atoms with Crippen LogP contribution >= 0.6 is 0 Å². The number of benzene rings is 1. The normalized spacial score (nSPS) is 19.7. The third-order valence-electron chi connectivity index (χ3n) is 4.39. The minimum atomic E-state index is -0.193. The van der Waals surface area contributed by atoms with E-state index in [0.717, 1.165) is 29.8 Å². The van der Waals surface area contributed by atoms with Crippen molar-refractivity contribution in [3.8, 4) is 23.2 Å². The minimum Gasteiger partial charge on any atom is -0.497 e. The third kappa shape index (κ3) is 3.25. The Morgan fingerprint density at radius 2 is 2.29 bits per heavy atom. The second-order valence-electron chi connectivity index (χ2n) is 6.10. The van der Waals surface area contributed by atoms with E-state index in [1.807, 2.05) is 31.2 Å². The van der Waals surface area contributed by atoms with Gasteiger partial charge in [-0.3, -0.25) is 4.79 Å². The van der Waals surface area contributed by atoms with Crippen molar-refractivity contribution < 1.29 is 9.53 Å². The van der Waals surface area contributed by atoms with Gasteiger partial charge in [-0.25, -0.2) is 4.98 Å². The molecule has 0 bridgehead atoms. The van der Waals surface area contributed by atoms with Crippen LogP contribution in [0.3, 0.4) is 0 Å². The van der Waals surface area contributed by atoms with Crippen molar-refractivity contribution in [2.24, 2.45) is 5.92 Å². The lowest BCUT2D eigenvalue weighted by Crippen LogP contribution is -2.33. The van der Waals surface area contributed by atoms with Gasteiger partial charge in [-0.1, -0.05) is 12.1 Å². The standard InChI is InChI=1S/C18H20N4O2/c1-11-16(18(23)21-14-7-6-12(8-14)10-19)22-17(20-11)13-4-3-5-15(9-13)24-2/h3-5,9,12,14H,6-8H2,1-2H3,(H,20,22)(H,21,23)/t12-,14-/m1/s1. The maximum Gasteiger partial charge on any atom is 0.271 e. The van der Waals surface area contributed by atoms with Crippen LogP contribution in [0.15, 0.2) is 24.3 Å². The van der Waals surface area contributed by atoms with Gasteiger partial charge in [0.05, 0.1) is 13.2 Å². The molecule has 0 unspecified atom stereocenters. The average molecular weight is 324 g/mol. The number of methoxy groups -OCH3 is 1. The molecule has 0 saturated heterocycles. The second-order valence-corrected chi connectivity index (χ2v) is 6.10. The van der Waals surface area contributed by atoms with Crippen LogP contribution < -0.4 is 10.1 Å². The molecule has 1 saturated carbocycles. The predicted molar refractivity (Wildman–Crippen MR) is 89.5 cm³/mol. The van der Waals surface area contributed by atoms with E-state index in [0.29, 0.717) is 17.9 Å². The van der Waals surface area contributed by atoms with Gasteiger partial charge >= 0.3 is 0 Å². The minimum absolute atomic E-state index is 0.0444. The van der Waals surface area contributed by atoms with Crippen LogP contribution in [0.2, 0.25) is 0 Å². The van der Waals surface area contributed by atoms with Crippen LogP contribution in [0.5, 0.6) is 5.75 Å². The topological polar surface area (TPSA) is 90.8 Å². The van der Waals surface area contributed by atoms with E-state index in [4.69, 9.17) is 10.00 Å². The molecule has 6 heteroatoms. The second kappa shape index (κ2) is 6.75. The Bertz CT molecular complexity index is 791. The predicted octanol–water partition coefficient (Wildman–Crippen LogP) is 2.82. The molecule has 1 aromatic carbocycles. The lowest BCUT2D eigenvalue weighted by atomic mass is 10.1. The summed E-state index contributed by atoms with van der Waals surface area (Å²) < 4.78 is 5.22. The molecule has 124 valence electrons. The third-order valence-corrected chi connectivity index (χ3v) is 4.39. The highest BCUT2D eigenvalue weighted by Crippen LogP contribution is 2.26.